The highest BCUT2D eigenvalue weighted by molar-refractivity contribution is 5.73. The second-order valence-corrected chi connectivity index (χ2v) is 5.36. The minimum atomic E-state index is 0.208. The van der Waals surface area contributed by atoms with Crippen LogP contribution in [0.2, 0.25) is 0 Å². The van der Waals surface area contributed by atoms with E-state index in [4.69, 9.17) is 4.74 Å². The van der Waals surface area contributed by atoms with Gasteiger partial charge in [0, 0.05) is 32.7 Å². The lowest BCUT2D eigenvalue weighted by molar-refractivity contribution is -0.129. The molecule has 106 valence electrons. The van der Waals surface area contributed by atoms with E-state index < -0.39 is 0 Å². The molecule has 0 aliphatic carbocycles. The summed E-state index contributed by atoms with van der Waals surface area (Å²) in [4.78, 5) is 13.1. The number of nitrogens with one attached hydrogen (secondary N) is 1. The molecule has 0 atom stereocenters. The van der Waals surface area contributed by atoms with E-state index in [1.54, 1.807) is 6.92 Å². The van der Waals surface area contributed by atoms with E-state index in [1.165, 1.54) is 6.42 Å². The van der Waals surface area contributed by atoms with Crippen LogP contribution in [0, 0.1) is 0 Å². The Balaban J connectivity index is 1.96. The summed E-state index contributed by atoms with van der Waals surface area (Å²) in [5.41, 5.74) is 0. The Kier molecular flexibility index (Phi) is 7.28. The van der Waals surface area contributed by atoms with Gasteiger partial charge in [-0.05, 0) is 46.1 Å². The predicted octanol–water partition coefficient (Wildman–Crippen LogP) is 1.79. The maximum absolute atomic E-state index is 11.2. The van der Waals surface area contributed by atoms with Crippen molar-refractivity contribution in [2.24, 2.45) is 0 Å². The van der Waals surface area contributed by atoms with Crippen molar-refractivity contribution in [2.45, 2.75) is 58.6 Å². The third kappa shape index (κ3) is 6.36. The fraction of sp³-hybridized carbons (Fsp3) is 0.929. The molecular formula is C14H28N2O2. The summed E-state index contributed by atoms with van der Waals surface area (Å²) in [6.07, 6.45) is 4.80. The van der Waals surface area contributed by atoms with E-state index in [2.05, 4.69) is 19.2 Å². The number of nitrogens with zero attached hydrogens (tertiary/aromatic N) is 1. The van der Waals surface area contributed by atoms with Crippen LogP contribution in [0.5, 0.6) is 0 Å². The van der Waals surface area contributed by atoms with Crippen LogP contribution < -0.4 is 5.32 Å². The number of hydrogen-bond acceptors (Lipinski definition) is 3. The van der Waals surface area contributed by atoms with Gasteiger partial charge in [0.15, 0.2) is 0 Å². The molecule has 1 rings (SSSR count). The van der Waals surface area contributed by atoms with E-state index in [0.29, 0.717) is 12.1 Å². The fourth-order valence-electron chi connectivity index (χ4n) is 2.25. The molecule has 1 N–H and O–H groups in total. The van der Waals surface area contributed by atoms with Crippen molar-refractivity contribution in [3.05, 3.63) is 0 Å². The van der Waals surface area contributed by atoms with Crippen LogP contribution in [0.25, 0.3) is 0 Å². The summed E-state index contributed by atoms with van der Waals surface area (Å²) >= 11 is 0. The van der Waals surface area contributed by atoms with Crippen molar-refractivity contribution in [3.63, 3.8) is 0 Å². The molecule has 1 heterocycles. The second-order valence-electron chi connectivity index (χ2n) is 5.36. The van der Waals surface area contributed by atoms with Gasteiger partial charge in [0.05, 0.1) is 6.10 Å². The average Bonchev–Trinajstić information content (AvgIpc) is 2.34. The number of piperidine rings is 1. The first-order valence-corrected chi connectivity index (χ1v) is 7.20. The van der Waals surface area contributed by atoms with Crippen molar-refractivity contribution in [3.8, 4) is 0 Å². The number of carbonyl (C=O) groups is 1. The molecule has 0 saturated carbocycles. The number of hydrogen-bond donors (Lipinski definition) is 1. The monoisotopic (exact) mass is 256 g/mol. The standard InChI is InChI=1S/C14H28N2O2/c1-12(2)18-11-5-4-8-15-14-6-9-16(10-7-14)13(3)17/h12,14-15H,4-11H2,1-3H3. The molecule has 0 aromatic carbocycles. The molecule has 0 unspecified atom stereocenters. The molecule has 4 heteroatoms. The van der Waals surface area contributed by atoms with Crippen LogP contribution in [0.1, 0.15) is 46.5 Å². The molecule has 0 aromatic heterocycles. The maximum Gasteiger partial charge on any atom is 0.219 e. The van der Waals surface area contributed by atoms with Gasteiger partial charge in [-0.2, -0.15) is 0 Å². The van der Waals surface area contributed by atoms with E-state index in [9.17, 15) is 4.79 Å². The Hall–Kier alpha value is -0.610. The summed E-state index contributed by atoms with van der Waals surface area (Å²) in [5.74, 6) is 0.208. The fourth-order valence-corrected chi connectivity index (χ4v) is 2.25. The van der Waals surface area contributed by atoms with Crippen molar-refractivity contribution in [1.29, 1.82) is 0 Å². The van der Waals surface area contributed by atoms with Crippen LogP contribution in [0.15, 0.2) is 0 Å². The Morgan fingerprint density at radius 3 is 2.56 bits per heavy atom. The number of ether oxygens (including phenoxy) is 1. The third-order valence-electron chi connectivity index (χ3n) is 3.40. The molecule has 0 aromatic rings. The normalized spacial score (nSPS) is 17.4. The highest BCUT2D eigenvalue weighted by atomic mass is 16.5. The van der Waals surface area contributed by atoms with Gasteiger partial charge in [0.2, 0.25) is 5.91 Å². The lowest BCUT2D eigenvalue weighted by Gasteiger charge is -2.31. The largest absolute Gasteiger partial charge is 0.379 e. The van der Waals surface area contributed by atoms with Crippen molar-refractivity contribution in [2.75, 3.05) is 26.2 Å². The Labute approximate surface area is 111 Å². The number of likely N-dealkylation sites (tertiary alicyclic amines) is 1. The van der Waals surface area contributed by atoms with Gasteiger partial charge < -0.3 is 15.0 Å². The molecule has 1 aliphatic heterocycles. The van der Waals surface area contributed by atoms with Gasteiger partial charge in [-0.25, -0.2) is 0 Å². The topological polar surface area (TPSA) is 41.6 Å². The van der Waals surface area contributed by atoms with E-state index in [-0.39, 0.29) is 5.91 Å². The minimum absolute atomic E-state index is 0.208. The van der Waals surface area contributed by atoms with Crippen molar-refractivity contribution in [1.82, 2.24) is 10.2 Å². The molecule has 1 fully saturated rings. The molecule has 4 nitrogen and oxygen atoms in total. The molecule has 0 bridgehead atoms. The summed E-state index contributed by atoms with van der Waals surface area (Å²) in [5, 5.41) is 3.58. The number of amides is 1. The van der Waals surface area contributed by atoms with Gasteiger partial charge in [-0.15, -0.1) is 0 Å². The first-order chi connectivity index (χ1) is 8.59. The van der Waals surface area contributed by atoms with Crippen molar-refractivity contribution >= 4 is 5.91 Å². The lowest BCUT2D eigenvalue weighted by Crippen LogP contribution is -2.44. The summed E-state index contributed by atoms with van der Waals surface area (Å²) < 4.78 is 5.50. The molecule has 1 aliphatic rings. The quantitative estimate of drug-likeness (QED) is 0.706. The molecule has 18 heavy (non-hydrogen) atoms. The summed E-state index contributed by atoms with van der Waals surface area (Å²) in [6.45, 7) is 9.53. The molecule has 1 saturated heterocycles. The number of unbranched alkanes of at least 4 members (excludes halogenated alkanes) is 1. The number of rotatable bonds is 7. The highest BCUT2D eigenvalue weighted by Crippen LogP contribution is 2.10. The van der Waals surface area contributed by atoms with Crippen LogP contribution in [0.4, 0.5) is 0 Å². The molecule has 0 radical (unpaired) electrons. The van der Waals surface area contributed by atoms with E-state index in [1.807, 2.05) is 4.90 Å². The second kappa shape index (κ2) is 8.48. The SMILES string of the molecule is CC(=O)N1CCC(NCCCCOC(C)C)CC1. The van der Waals surface area contributed by atoms with E-state index in [0.717, 1.165) is 45.5 Å². The zero-order valence-electron chi connectivity index (χ0n) is 12.1. The van der Waals surface area contributed by atoms with Gasteiger partial charge in [-0.1, -0.05) is 0 Å². The van der Waals surface area contributed by atoms with Crippen LogP contribution >= 0.6 is 0 Å². The molecule has 0 spiro atoms. The highest BCUT2D eigenvalue weighted by Gasteiger charge is 2.19. The van der Waals surface area contributed by atoms with Crippen LogP contribution in [-0.2, 0) is 9.53 Å². The Morgan fingerprint density at radius 2 is 2.00 bits per heavy atom. The Morgan fingerprint density at radius 1 is 1.33 bits per heavy atom. The smallest absolute Gasteiger partial charge is 0.219 e. The first-order valence-electron chi connectivity index (χ1n) is 7.20. The summed E-state index contributed by atoms with van der Waals surface area (Å²) in [6, 6.07) is 0.589. The van der Waals surface area contributed by atoms with Crippen LogP contribution in [0.3, 0.4) is 0 Å². The summed E-state index contributed by atoms with van der Waals surface area (Å²) in [7, 11) is 0. The minimum Gasteiger partial charge on any atom is -0.379 e. The molecular weight excluding hydrogens is 228 g/mol. The first kappa shape index (κ1) is 15.4. The van der Waals surface area contributed by atoms with Gasteiger partial charge in [0.1, 0.15) is 0 Å². The third-order valence-corrected chi connectivity index (χ3v) is 3.40. The van der Waals surface area contributed by atoms with Crippen molar-refractivity contribution < 1.29 is 9.53 Å². The van der Waals surface area contributed by atoms with Gasteiger partial charge in [0.25, 0.3) is 0 Å². The zero-order chi connectivity index (χ0) is 13.4. The zero-order valence-corrected chi connectivity index (χ0v) is 12.1. The van der Waals surface area contributed by atoms with E-state index >= 15 is 0 Å². The molecule has 1 amide bonds. The van der Waals surface area contributed by atoms with Gasteiger partial charge in [-0.3, -0.25) is 4.79 Å². The van der Waals surface area contributed by atoms with Gasteiger partial charge >= 0.3 is 0 Å². The Bertz CT molecular complexity index is 236. The van der Waals surface area contributed by atoms with Crippen LogP contribution in [-0.4, -0.2) is 49.2 Å². The average molecular weight is 256 g/mol. The lowest BCUT2D eigenvalue weighted by atomic mass is 10.0. The predicted molar refractivity (Wildman–Crippen MR) is 73.6 cm³/mol. The maximum atomic E-state index is 11.2. The number of carbonyl (C=O) groups excluding carboxylic acids is 1.